The average Bonchev–Trinajstić information content (AvgIpc) is 3.35. The standard InChI is InChI=1S/C18H25N5O/c1-12-10-16(22-8-4-3-5-9-22)21-17-15(11-19-23(12)17)18(24)20-13(2)14-6-7-14/h10-11,13-14H,3-9H2,1-2H3,(H,20,24). The summed E-state index contributed by atoms with van der Waals surface area (Å²) in [6.45, 7) is 6.18. The maximum atomic E-state index is 12.6. The lowest BCUT2D eigenvalue weighted by atomic mass is 10.1. The number of hydrogen-bond donors (Lipinski definition) is 1. The Morgan fingerprint density at radius 3 is 2.75 bits per heavy atom. The van der Waals surface area contributed by atoms with Crippen molar-refractivity contribution in [2.45, 2.75) is 52.0 Å². The van der Waals surface area contributed by atoms with Gasteiger partial charge in [-0.15, -0.1) is 0 Å². The third-order valence-electron chi connectivity index (χ3n) is 5.25. The largest absolute Gasteiger partial charge is 0.356 e. The summed E-state index contributed by atoms with van der Waals surface area (Å²) in [6.07, 6.45) is 7.77. The monoisotopic (exact) mass is 327 g/mol. The van der Waals surface area contributed by atoms with Crippen molar-refractivity contribution in [3.05, 3.63) is 23.5 Å². The SMILES string of the molecule is Cc1cc(N2CCCCC2)nc2c(C(=O)NC(C)C3CC3)cnn12. The van der Waals surface area contributed by atoms with Crippen LogP contribution < -0.4 is 10.2 Å². The van der Waals surface area contributed by atoms with E-state index in [0.717, 1.165) is 24.6 Å². The number of fused-ring (bicyclic) bond motifs is 1. The first kappa shape index (κ1) is 15.4. The molecule has 1 saturated heterocycles. The number of rotatable bonds is 4. The van der Waals surface area contributed by atoms with Gasteiger partial charge in [-0.2, -0.15) is 5.10 Å². The smallest absolute Gasteiger partial charge is 0.256 e. The molecule has 4 rings (SSSR count). The fourth-order valence-corrected chi connectivity index (χ4v) is 3.54. The summed E-state index contributed by atoms with van der Waals surface area (Å²) >= 11 is 0. The second-order valence-electron chi connectivity index (χ2n) is 7.20. The zero-order valence-corrected chi connectivity index (χ0v) is 14.5. The van der Waals surface area contributed by atoms with E-state index in [9.17, 15) is 4.79 Å². The maximum absolute atomic E-state index is 12.6. The first-order valence-corrected chi connectivity index (χ1v) is 9.04. The summed E-state index contributed by atoms with van der Waals surface area (Å²) in [7, 11) is 0. The summed E-state index contributed by atoms with van der Waals surface area (Å²) < 4.78 is 1.77. The normalized spacial score (nSPS) is 19.5. The number of piperidine rings is 1. The van der Waals surface area contributed by atoms with Gasteiger partial charge in [0, 0.05) is 30.9 Å². The van der Waals surface area contributed by atoms with Crippen LogP contribution in [0.15, 0.2) is 12.3 Å². The van der Waals surface area contributed by atoms with Gasteiger partial charge in [-0.1, -0.05) is 0 Å². The minimum absolute atomic E-state index is 0.0629. The van der Waals surface area contributed by atoms with Crippen molar-refractivity contribution in [1.82, 2.24) is 19.9 Å². The minimum Gasteiger partial charge on any atom is -0.356 e. The van der Waals surface area contributed by atoms with Crippen molar-refractivity contribution in [2.75, 3.05) is 18.0 Å². The van der Waals surface area contributed by atoms with Crippen molar-refractivity contribution < 1.29 is 4.79 Å². The van der Waals surface area contributed by atoms with Gasteiger partial charge in [-0.05, 0) is 51.9 Å². The molecule has 1 unspecified atom stereocenters. The molecule has 0 bridgehead atoms. The molecule has 1 atom stereocenters. The number of anilines is 1. The van der Waals surface area contributed by atoms with Crippen LogP contribution in [0.1, 0.15) is 55.1 Å². The lowest BCUT2D eigenvalue weighted by Crippen LogP contribution is -2.34. The predicted molar refractivity (Wildman–Crippen MR) is 93.4 cm³/mol. The molecule has 1 saturated carbocycles. The third kappa shape index (κ3) is 2.85. The quantitative estimate of drug-likeness (QED) is 0.937. The second kappa shape index (κ2) is 6.07. The molecular formula is C18H25N5O. The molecule has 2 fully saturated rings. The maximum Gasteiger partial charge on any atom is 0.256 e. The van der Waals surface area contributed by atoms with Gasteiger partial charge in [0.25, 0.3) is 5.91 Å². The number of aryl methyl sites for hydroxylation is 1. The number of nitrogens with one attached hydrogen (secondary N) is 1. The Balaban J connectivity index is 1.65. The summed E-state index contributed by atoms with van der Waals surface area (Å²) in [5.41, 5.74) is 2.25. The van der Waals surface area contributed by atoms with Crippen molar-refractivity contribution >= 4 is 17.4 Å². The van der Waals surface area contributed by atoms with Gasteiger partial charge in [-0.25, -0.2) is 9.50 Å². The van der Waals surface area contributed by atoms with Crippen LogP contribution in [0, 0.1) is 12.8 Å². The van der Waals surface area contributed by atoms with Gasteiger partial charge in [0.05, 0.1) is 6.20 Å². The molecule has 2 aliphatic rings. The second-order valence-corrected chi connectivity index (χ2v) is 7.20. The van der Waals surface area contributed by atoms with Crippen LogP contribution in [0.3, 0.4) is 0 Å². The zero-order chi connectivity index (χ0) is 16.7. The highest BCUT2D eigenvalue weighted by atomic mass is 16.1. The summed E-state index contributed by atoms with van der Waals surface area (Å²) in [6, 6.07) is 2.29. The minimum atomic E-state index is -0.0629. The fourth-order valence-electron chi connectivity index (χ4n) is 3.54. The Hall–Kier alpha value is -2.11. The molecule has 2 aromatic heterocycles. The van der Waals surface area contributed by atoms with E-state index in [-0.39, 0.29) is 11.9 Å². The van der Waals surface area contributed by atoms with Crippen molar-refractivity contribution in [2.24, 2.45) is 5.92 Å². The number of amides is 1. The van der Waals surface area contributed by atoms with Crippen molar-refractivity contribution in [1.29, 1.82) is 0 Å². The number of nitrogens with zero attached hydrogens (tertiary/aromatic N) is 4. The van der Waals surface area contributed by atoms with Crippen molar-refractivity contribution in [3.63, 3.8) is 0 Å². The first-order chi connectivity index (χ1) is 11.6. The molecule has 1 amide bonds. The first-order valence-electron chi connectivity index (χ1n) is 9.04. The van der Waals surface area contributed by atoms with E-state index in [1.165, 1.54) is 32.1 Å². The van der Waals surface area contributed by atoms with Gasteiger partial charge in [0.15, 0.2) is 5.65 Å². The fraction of sp³-hybridized carbons (Fsp3) is 0.611. The molecule has 1 aliphatic heterocycles. The van der Waals surface area contributed by atoms with Crippen LogP contribution in [0.25, 0.3) is 5.65 Å². The Kier molecular flexibility index (Phi) is 3.90. The molecule has 128 valence electrons. The molecule has 0 aromatic carbocycles. The van der Waals surface area contributed by atoms with Gasteiger partial charge in [0.1, 0.15) is 11.4 Å². The lowest BCUT2D eigenvalue weighted by molar-refractivity contribution is 0.0937. The molecule has 6 heteroatoms. The van der Waals surface area contributed by atoms with E-state index in [1.807, 2.05) is 6.92 Å². The molecule has 1 N–H and O–H groups in total. The molecule has 0 radical (unpaired) electrons. The van der Waals surface area contributed by atoms with E-state index >= 15 is 0 Å². The Morgan fingerprint density at radius 2 is 2.04 bits per heavy atom. The van der Waals surface area contributed by atoms with Crippen LogP contribution in [0.4, 0.5) is 5.82 Å². The van der Waals surface area contributed by atoms with Crippen molar-refractivity contribution in [3.8, 4) is 0 Å². The number of carbonyl (C=O) groups excluding carboxylic acids is 1. The zero-order valence-electron chi connectivity index (χ0n) is 14.5. The topological polar surface area (TPSA) is 62.5 Å². The Labute approximate surface area is 142 Å². The Morgan fingerprint density at radius 1 is 1.29 bits per heavy atom. The molecular weight excluding hydrogens is 302 g/mol. The van der Waals surface area contributed by atoms with Crippen LogP contribution in [0.5, 0.6) is 0 Å². The Bertz CT molecular complexity index is 758. The predicted octanol–water partition coefficient (Wildman–Crippen LogP) is 2.56. The van der Waals surface area contributed by atoms with E-state index in [1.54, 1.807) is 10.7 Å². The molecule has 24 heavy (non-hydrogen) atoms. The highest BCUT2D eigenvalue weighted by Gasteiger charge is 2.30. The molecule has 1 aliphatic carbocycles. The van der Waals surface area contributed by atoms with E-state index in [4.69, 9.17) is 4.98 Å². The molecule has 6 nitrogen and oxygen atoms in total. The van der Waals surface area contributed by atoms with Gasteiger partial charge < -0.3 is 10.2 Å². The lowest BCUT2D eigenvalue weighted by Gasteiger charge is -2.28. The molecule has 2 aromatic rings. The highest BCUT2D eigenvalue weighted by Crippen LogP contribution is 2.32. The van der Waals surface area contributed by atoms with Crippen LogP contribution in [-0.2, 0) is 0 Å². The number of hydrogen-bond acceptors (Lipinski definition) is 4. The van der Waals surface area contributed by atoms with Gasteiger partial charge in [0.2, 0.25) is 0 Å². The van der Waals surface area contributed by atoms with E-state index < -0.39 is 0 Å². The number of carbonyl (C=O) groups is 1. The third-order valence-corrected chi connectivity index (χ3v) is 5.25. The summed E-state index contributed by atoms with van der Waals surface area (Å²) in [5.74, 6) is 1.53. The highest BCUT2D eigenvalue weighted by molar-refractivity contribution is 6.00. The molecule has 3 heterocycles. The van der Waals surface area contributed by atoms with Crippen LogP contribution in [-0.4, -0.2) is 39.6 Å². The van der Waals surface area contributed by atoms with Crippen LogP contribution in [0.2, 0.25) is 0 Å². The summed E-state index contributed by atoms with van der Waals surface area (Å²) in [4.78, 5) is 19.7. The average molecular weight is 327 g/mol. The van der Waals surface area contributed by atoms with Gasteiger partial charge >= 0.3 is 0 Å². The molecule has 0 spiro atoms. The van der Waals surface area contributed by atoms with E-state index in [0.29, 0.717) is 17.1 Å². The van der Waals surface area contributed by atoms with Gasteiger partial charge in [-0.3, -0.25) is 4.79 Å². The van der Waals surface area contributed by atoms with E-state index in [2.05, 4.69) is 28.3 Å². The summed E-state index contributed by atoms with van der Waals surface area (Å²) in [5, 5.41) is 7.48. The number of aromatic nitrogens is 3. The van der Waals surface area contributed by atoms with Crippen LogP contribution >= 0.6 is 0 Å².